The fourth-order valence-electron chi connectivity index (χ4n) is 1.81. The first-order valence-electron chi connectivity index (χ1n) is 6.31. The van der Waals surface area contributed by atoms with E-state index in [1.54, 1.807) is 18.2 Å². The number of hydrogen-bond donors (Lipinski definition) is 1. The summed E-state index contributed by atoms with van der Waals surface area (Å²) in [5, 5.41) is 20.7. The van der Waals surface area contributed by atoms with Gasteiger partial charge in [0.2, 0.25) is 0 Å². The number of aliphatic hydroxyl groups excluding tert-OH is 1. The molecule has 4 nitrogen and oxygen atoms in total. The molecule has 0 saturated carbocycles. The molecule has 0 bridgehead atoms. The van der Waals surface area contributed by atoms with Gasteiger partial charge in [-0.3, -0.25) is 10.1 Å². The number of rotatable bonds is 5. The molecule has 1 atom stereocenters. The highest BCUT2D eigenvalue weighted by Gasteiger charge is 2.13. The van der Waals surface area contributed by atoms with E-state index in [2.05, 4.69) is 0 Å². The van der Waals surface area contributed by atoms with Gasteiger partial charge in [-0.25, -0.2) is 0 Å². The second kappa shape index (κ2) is 6.54. The zero-order chi connectivity index (χ0) is 14.5. The summed E-state index contributed by atoms with van der Waals surface area (Å²) >= 11 is 1.35. The molecule has 0 aromatic heterocycles. The van der Waals surface area contributed by atoms with Crippen molar-refractivity contribution in [1.82, 2.24) is 0 Å². The lowest BCUT2D eigenvalue weighted by Crippen LogP contribution is -1.94. The summed E-state index contributed by atoms with van der Waals surface area (Å²) in [6, 6.07) is 14.1. The standard InChI is InChI=1S/C15H15NO3S/c1-2-14(17)11-7-9-12(10-8-11)20-15-6-4-3-5-13(15)16(18)19/h3-10,14,17H,2H2,1H3/t14-/m0/s1. The lowest BCUT2D eigenvalue weighted by Gasteiger charge is -2.09. The zero-order valence-corrected chi connectivity index (χ0v) is 11.8. The minimum absolute atomic E-state index is 0.107. The van der Waals surface area contributed by atoms with Gasteiger partial charge in [-0.15, -0.1) is 0 Å². The largest absolute Gasteiger partial charge is 0.388 e. The third kappa shape index (κ3) is 3.37. The molecule has 0 saturated heterocycles. The summed E-state index contributed by atoms with van der Waals surface area (Å²) < 4.78 is 0. The van der Waals surface area contributed by atoms with Gasteiger partial charge in [-0.05, 0) is 30.2 Å². The van der Waals surface area contributed by atoms with Crippen molar-refractivity contribution in [2.24, 2.45) is 0 Å². The number of nitrogens with zero attached hydrogens (tertiary/aromatic N) is 1. The monoisotopic (exact) mass is 289 g/mol. The Bertz CT molecular complexity index is 598. The summed E-state index contributed by atoms with van der Waals surface area (Å²) in [7, 11) is 0. The number of benzene rings is 2. The van der Waals surface area contributed by atoms with Crippen molar-refractivity contribution in [1.29, 1.82) is 0 Å². The number of para-hydroxylation sites is 1. The summed E-state index contributed by atoms with van der Waals surface area (Å²) in [6.45, 7) is 1.92. The van der Waals surface area contributed by atoms with Gasteiger partial charge in [0, 0.05) is 11.0 Å². The summed E-state index contributed by atoms with van der Waals surface area (Å²) in [6.07, 6.45) is 0.205. The Hall–Kier alpha value is -1.85. The molecule has 0 heterocycles. The number of nitro groups is 1. The van der Waals surface area contributed by atoms with E-state index in [1.807, 2.05) is 31.2 Å². The highest BCUT2D eigenvalue weighted by molar-refractivity contribution is 7.99. The van der Waals surface area contributed by atoms with Crippen LogP contribution in [0, 0.1) is 10.1 Å². The van der Waals surface area contributed by atoms with E-state index in [0.717, 1.165) is 10.5 Å². The van der Waals surface area contributed by atoms with Gasteiger partial charge in [0.1, 0.15) is 0 Å². The van der Waals surface area contributed by atoms with Crippen molar-refractivity contribution in [3.63, 3.8) is 0 Å². The van der Waals surface area contributed by atoms with Crippen LogP contribution in [0.4, 0.5) is 5.69 Å². The molecule has 2 aromatic rings. The van der Waals surface area contributed by atoms with Crippen LogP contribution in [-0.4, -0.2) is 10.0 Å². The van der Waals surface area contributed by atoms with Crippen LogP contribution in [0.5, 0.6) is 0 Å². The molecule has 2 aromatic carbocycles. The zero-order valence-electron chi connectivity index (χ0n) is 11.0. The molecule has 0 fully saturated rings. The molecule has 1 N–H and O–H groups in total. The molecule has 2 rings (SSSR count). The predicted octanol–water partition coefficient (Wildman–Crippen LogP) is 4.19. The van der Waals surface area contributed by atoms with Crippen LogP contribution >= 0.6 is 11.8 Å². The molecule has 5 heteroatoms. The van der Waals surface area contributed by atoms with Crippen molar-refractivity contribution in [3.05, 3.63) is 64.2 Å². The van der Waals surface area contributed by atoms with Crippen molar-refractivity contribution in [2.75, 3.05) is 0 Å². The van der Waals surface area contributed by atoms with Gasteiger partial charge in [0.25, 0.3) is 5.69 Å². The van der Waals surface area contributed by atoms with Gasteiger partial charge in [-0.1, -0.05) is 43.0 Å². The maximum atomic E-state index is 11.0. The Morgan fingerprint density at radius 1 is 1.20 bits per heavy atom. The maximum Gasteiger partial charge on any atom is 0.283 e. The topological polar surface area (TPSA) is 63.4 Å². The first kappa shape index (κ1) is 14.6. The molecule has 0 aliphatic carbocycles. The van der Waals surface area contributed by atoms with Crippen molar-refractivity contribution in [3.8, 4) is 0 Å². The Balaban J connectivity index is 2.20. The van der Waals surface area contributed by atoms with Gasteiger partial charge < -0.3 is 5.11 Å². The van der Waals surface area contributed by atoms with Gasteiger partial charge in [0.05, 0.1) is 15.9 Å². The third-order valence-electron chi connectivity index (χ3n) is 2.94. The highest BCUT2D eigenvalue weighted by atomic mass is 32.2. The van der Waals surface area contributed by atoms with E-state index in [0.29, 0.717) is 11.3 Å². The van der Waals surface area contributed by atoms with Crippen LogP contribution in [0.2, 0.25) is 0 Å². The SMILES string of the molecule is CC[C@H](O)c1ccc(Sc2ccccc2[N+](=O)[O-])cc1. The molecule has 0 spiro atoms. The third-order valence-corrected chi connectivity index (χ3v) is 4.01. The van der Waals surface area contributed by atoms with Crippen LogP contribution in [-0.2, 0) is 0 Å². The molecular weight excluding hydrogens is 274 g/mol. The molecule has 0 aliphatic rings. The second-order valence-corrected chi connectivity index (χ2v) is 5.44. The lowest BCUT2D eigenvalue weighted by atomic mass is 10.1. The van der Waals surface area contributed by atoms with Crippen molar-refractivity contribution >= 4 is 17.4 Å². The Morgan fingerprint density at radius 2 is 1.85 bits per heavy atom. The first-order valence-corrected chi connectivity index (χ1v) is 7.12. The molecular formula is C15H15NO3S. The van der Waals surface area contributed by atoms with Crippen LogP contribution in [0.3, 0.4) is 0 Å². The van der Waals surface area contributed by atoms with Crippen molar-refractivity contribution < 1.29 is 10.0 Å². The maximum absolute atomic E-state index is 11.0. The summed E-state index contributed by atoms with van der Waals surface area (Å²) in [5.74, 6) is 0. The highest BCUT2D eigenvalue weighted by Crippen LogP contribution is 2.34. The molecule has 0 radical (unpaired) electrons. The van der Waals surface area contributed by atoms with E-state index < -0.39 is 6.10 Å². The van der Waals surface area contributed by atoms with Gasteiger partial charge >= 0.3 is 0 Å². The minimum Gasteiger partial charge on any atom is -0.388 e. The fourth-order valence-corrected chi connectivity index (χ4v) is 2.73. The van der Waals surface area contributed by atoms with Gasteiger partial charge in [0.15, 0.2) is 0 Å². The van der Waals surface area contributed by atoms with E-state index in [9.17, 15) is 15.2 Å². The van der Waals surface area contributed by atoms with Gasteiger partial charge in [-0.2, -0.15) is 0 Å². The molecule has 0 aliphatic heterocycles. The van der Waals surface area contributed by atoms with Crippen LogP contribution < -0.4 is 0 Å². The minimum atomic E-state index is -0.458. The molecule has 20 heavy (non-hydrogen) atoms. The molecule has 104 valence electrons. The van der Waals surface area contributed by atoms with Crippen LogP contribution in [0.25, 0.3) is 0 Å². The second-order valence-electron chi connectivity index (χ2n) is 4.32. The predicted molar refractivity (Wildman–Crippen MR) is 78.9 cm³/mol. The van der Waals surface area contributed by atoms with E-state index in [4.69, 9.17) is 0 Å². The summed E-state index contributed by atoms with van der Waals surface area (Å²) in [4.78, 5) is 12.1. The van der Waals surface area contributed by atoms with E-state index >= 15 is 0 Å². The first-order chi connectivity index (χ1) is 9.61. The molecule has 0 amide bonds. The normalized spacial score (nSPS) is 12.1. The average Bonchev–Trinajstić information content (AvgIpc) is 2.47. The Morgan fingerprint density at radius 3 is 2.45 bits per heavy atom. The van der Waals surface area contributed by atoms with E-state index in [-0.39, 0.29) is 10.6 Å². The van der Waals surface area contributed by atoms with E-state index in [1.165, 1.54) is 17.8 Å². The average molecular weight is 289 g/mol. The fraction of sp³-hybridized carbons (Fsp3) is 0.200. The van der Waals surface area contributed by atoms with Crippen molar-refractivity contribution in [2.45, 2.75) is 29.2 Å². The lowest BCUT2D eigenvalue weighted by molar-refractivity contribution is -0.387. The number of nitro benzene ring substituents is 1. The quantitative estimate of drug-likeness (QED) is 0.662. The smallest absolute Gasteiger partial charge is 0.283 e. The van der Waals surface area contributed by atoms with Crippen LogP contribution in [0.1, 0.15) is 25.0 Å². The number of aliphatic hydroxyl groups is 1. The molecule has 0 unspecified atom stereocenters. The Labute approximate surface area is 121 Å². The number of hydrogen-bond acceptors (Lipinski definition) is 4. The summed E-state index contributed by atoms with van der Waals surface area (Å²) in [5.41, 5.74) is 0.967. The van der Waals surface area contributed by atoms with Crippen LogP contribution in [0.15, 0.2) is 58.3 Å². The Kier molecular flexibility index (Phi) is 4.76.